The molecule has 114 valence electrons. The first kappa shape index (κ1) is 16.8. The van der Waals surface area contributed by atoms with Crippen LogP contribution in [0.4, 0.5) is 0 Å². The summed E-state index contributed by atoms with van der Waals surface area (Å²) < 4.78 is 5.60. The van der Waals surface area contributed by atoms with Crippen molar-refractivity contribution in [3.63, 3.8) is 0 Å². The molecule has 1 rings (SSSR count). The predicted molar refractivity (Wildman–Crippen MR) is 80.4 cm³/mol. The molecule has 21 heavy (non-hydrogen) atoms. The number of amides is 1. The second-order valence-electron chi connectivity index (χ2n) is 4.75. The third-order valence-electron chi connectivity index (χ3n) is 3.16. The van der Waals surface area contributed by atoms with Crippen LogP contribution in [0.2, 0.25) is 0 Å². The van der Waals surface area contributed by atoms with Crippen molar-refractivity contribution in [3.8, 4) is 5.75 Å². The Bertz CT molecular complexity index is 525. The number of rotatable bonds is 8. The van der Waals surface area contributed by atoms with Gasteiger partial charge in [0.15, 0.2) is 0 Å². The van der Waals surface area contributed by atoms with Crippen molar-refractivity contribution in [2.75, 3.05) is 19.7 Å². The Balaban J connectivity index is 2.53. The van der Waals surface area contributed by atoms with E-state index >= 15 is 0 Å². The lowest BCUT2D eigenvalue weighted by atomic mass is 10.1. The van der Waals surface area contributed by atoms with E-state index in [1.165, 1.54) is 11.0 Å². The quantitative estimate of drug-likeness (QED) is 0.745. The topological polar surface area (TPSA) is 66.8 Å². The van der Waals surface area contributed by atoms with Crippen molar-refractivity contribution >= 4 is 11.9 Å². The van der Waals surface area contributed by atoms with E-state index < -0.39 is 5.97 Å². The van der Waals surface area contributed by atoms with Crippen LogP contribution in [-0.2, 0) is 9.59 Å². The monoisotopic (exact) mass is 291 g/mol. The summed E-state index contributed by atoms with van der Waals surface area (Å²) in [7, 11) is 0. The van der Waals surface area contributed by atoms with Crippen molar-refractivity contribution < 1.29 is 19.4 Å². The molecule has 0 aliphatic heterocycles. The average molecular weight is 291 g/mol. The van der Waals surface area contributed by atoms with Gasteiger partial charge >= 0.3 is 5.97 Å². The van der Waals surface area contributed by atoms with Crippen LogP contribution in [0.15, 0.2) is 30.9 Å². The largest absolute Gasteiger partial charge is 0.493 e. The molecule has 0 bridgehead atoms. The van der Waals surface area contributed by atoms with Gasteiger partial charge in [-0.15, -0.1) is 6.58 Å². The number of hydrogen-bond acceptors (Lipinski definition) is 3. The molecule has 0 spiro atoms. The Kier molecular flexibility index (Phi) is 6.46. The van der Waals surface area contributed by atoms with Crippen LogP contribution in [0.25, 0.3) is 0 Å². The number of ether oxygens (including phenoxy) is 1. The highest BCUT2D eigenvalue weighted by atomic mass is 16.5. The third kappa shape index (κ3) is 5.30. The Labute approximate surface area is 124 Å². The molecule has 0 heterocycles. The standard InChI is InChI=1S/C16H21NO4/c1-4-9-17(11-16(19)20)15(18)8-10-21-14-7-5-6-12(2)13(14)3/h4-7H,1,8-11H2,2-3H3,(H,19,20). The summed E-state index contributed by atoms with van der Waals surface area (Å²) in [5, 5.41) is 8.77. The van der Waals surface area contributed by atoms with E-state index in [0.717, 1.165) is 16.9 Å². The van der Waals surface area contributed by atoms with Gasteiger partial charge in [0.25, 0.3) is 0 Å². The van der Waals surface area contributed by atoms with Gasteiger partial charge in [0, 0.05) is 6.54 Å². The fourth-order valence-corrected chi connectivity index (χ4v) is 1.86. The van der Waals surface area contributed by atoms with E-state index in [4.69, 9.17) is 9.84 Å². The van der Waals surface area contributed by atoms with Crippen molar-refractivity contribution in [2.45, 2.75) is 20.3 Å². The van der Waals surface area contributed by atoms with Crippen molar-refractivity contribution in [2.24, 2.45) is 0 Å². The van der Waals surface area contributed by atoms with Crippen molar-refractivity contribution in [3.05, 3.63) is 42.0 Å². The molecule has 5 heteroatoms. The lowest BCUT2D eigenvalue weighted by molar-refractivity contribution is -0.144. The number of benzene rings is 1. The van der Waals surface area contributed by atoms with Gasteiger partial charge in [-0.05, 0) is 31.0 Å². The van der Waals surface area contributed by atoms with Crippen LogP contribution in [0.3, 0.4) is 0 Å². The lowest BCUT2D eigenvalue weighted by Crippen LogP contribution is -2.36. The van der Waals surface area contributed by atoms with E-state index in [1.54, 1.807) is 0 Å². The smallest absolute Gasteiger partial charge is 0.323 e. The molecular weight excluding hydrogens is 270 g/mol. The van der Waals surface area contributed by atoms with Crippen LogP contribution in [0, 0.1) is 13.8 Å². The van der Waals surface area contributed by atoms with Gasteiger partial charge in [0.2, 0.25) is 5.91 Å². The minimum atomic E-state index is -1.04. The fourth-order valence-electron chi connectivity index (χ4n) is 1.86. The molecule has 0 atom stereocenters. The number of carbonyl (C=O) groups is 2. The normalized spacial score (nSPS) is 10.0. The molecule has 0 aliphatic carbocycles. The number of carboxylic acids is 1. The van der Waals surface area contributed by atoms with Gasteiger partial charge in [0.05, 0.1) is 13.0 Å². The zero-order valence-electron chi connectivity index (χ0n) is 12.5. The highest BCUT2D eigenvalue weighted by Gasteiger charge is 2.15. The summed E-state index contributed by atoms with van der Waals surface area (Å²) in [6, 6.07) is 5.74. The van der Waals surface area contributed by atoms with Gasteiger partial charge in [0.1, 0.15) is 12.3 Å². The molecule has 0 aliphatic rings. The van der Waals surface area contributed by atoms with Gasteiger partial charge < -0.3 is 14.7 Å². The second kappa shape index (κ2) is 8.09. The zero-order valence-corrected chi connectivity index (χ0v) is 12.5. The first-order chi connectivity index (χ1) is 9.95. The summed E-state index contributed by atoms with van der Waals surface area (Å²) in [6.07, 6.45) is 1.64. The molecule has 0 radical (unpaired) electrons. The van der Waals surface area contributed by atoms with Gasteiger partial charge in [-0.25, -0.2) is 0 Å². The number of hydrogen-bond donors (Lipinski definition) is 1. The first-order valence-electron chi connectivity index (χ1n) is 6.75. The fraction of sp³-hybridized carbons (Fsp3) is 0.375. The molecule has 1 aromatic rings. The van der Waals surface area contributed by atoms with Gasteiger partial charge in [-0.1, -0.05) is 18.2 Å². The van der Waals surface area contributed by atoms with E-state index in [2.05, 4.69) is 6.58 Å². The molecule has 0 aromatic heterocycles. The van der Waals surface area contributed by atoms with Crippen LogP contribution >= 0.6 is 0 Å². The van der Waals surface area contributed by atoms with Crippen LogP contribution < -0.4 is 4.74 Å². The Morgan fingerprint density at radius 1 is 1.38 bits per heavy atom. The number of carboxylic acid groups (broad SMARTS) is 1. The minimum Gasteiger partial charge on any atom is -0.493 e. The van der Waals surface area contributed by atoms with Crippen molar-refractivity contribution in [1.82, 2.24) is 4.90 Å². The molecule has 1 aromatic carbocycles. The maximum absolute atomic E-state index is 11.9. The SMILES string of the molecule is C=CCN(CC(=O)O)C(=O)CCOc1cccc(C)c1C. The summed E-state index contributed by atoms with van der Waals surface area (Å²) in [6.45, 7) is 7.58. The first-order valence-corrected chi connectivity index (χ1v) is 6.75. The maximum Gasteiger partial charge on any atom is 0.323 e. The zero-order chi connectivity index (χ0) is 15.8. The van der Waals surface area contributed by atoms with Crippen molar-refractivity contribution in [1.29, 1.82) is 0 Å². The highest BCUT2D eigenvalue weighted by molar-refractivity contribution is 5.81. The number of aryl methyl sites for hydroxylation is 1. The summed E-state index contributed by atoms with van der Waals surface area (Å²) in [5.41, 5.74) is 2.16. The lowest BCUT2D eigenvalue weighted by Gasteiger charge is -2.19. The predicted octanol–water partition coefficient (Wildman–Crippen LogP) is 2.17. The Hall–Kier alpha value is -2.30. The summed E-state index contributed by atoms with van der Waals surface area (Å²) in [5.74, 6) is -0.556. The van der Waals surface area contributed by atoms with E-state index in [9.17, 15) is 9.59 Å². The van der Waals surface area contributed by atoms with Crippen LogP contribution in [0.1, 0.15) is 17.5 Å². The van der Waals surface area contributed by atoms with Crippen LogP contribution in [-0.4, -0.2) is 41.6 Å². The number of nitrogens with zero attached hydrogens (tertiary/aromatic N) is 1. The summed E-state index contributed by atoms with van der Waals surface area (Å²) in [4.78, 5) is 23.9. The van der Waals surface area contributed by atoms with Gasteiger partial charge in [-0.3, -0.25) is 9.59 Å². The third-order valence-corrected chi connectivity index (χ3v) is 3.16. The van der Waals surface area contributed by atoms with Gasteiger partial charge in [-0.2, -0.15) is 0 Å². The Morgan fingerprint density at radius 3 is 2.71 bits per heavy atom. The van der Waals surface area contributed by atoms with Crippen LogP contribution in [0.5, 0.6) is 5.75 Å². The average Bonchev–Trinajstić information content (AvgIpc) is 2.42. The van der Waals surface area contributed by atoms with E-state index in [0.29, 0.717) is 0 Å². The molecule has 0 unspecified atom stereocenters. The molecular formula is C16H21NO4. The Morgan fingerprint density at radius 2 is 2.10 bits per heavy atom. The molecule has 0 fully saturated rings. The van der Waals surface area contributed by atoms with E-state index in [1.807, 2.05) is 32.0 Å². The molecule has 0 saturated carbocycles. The minimum absolute atomic E-state index is 0.133. The molecule has 0 saturated heterocycles. The molecule has 5 nitrogen and oxygen atoms in total. The second-order valence-corrected chi connectivity index (χ2v) is 4.75. The summed E-state index contributed by atoms with van der Waals surface area (Å²) >= 11 is 0. The van der Waals surface area contributed by atoms with E-state index in [-0.39, 0.29) is 32.0 Å². The number of carbonyl (C=O) groups excluding carboxylic acids is 1. The molecule has 1 amide bonds. The molecule has 1 N–H and O–H groups in total. The number of aliphatic carboxylic acids is 1. The highest BCUT2D eigenvalue weighted by Crippen LogP contribution is 2.20. The maximum atomic E-state index is 11.9.